The Labute approximate surface area is 171 Å². The van der Waals surface area contributed by atoms with E-state index in [1.54, 1.807) is 23.5 Å². The molecule has 1 heterocycles. The lowest BCUT2D eigenvalue weighted by Crippen LogP contribution is -2.34. The molecule has 150 valence electrons. The number of hydrogen-bond donors (Lipinski definition) is 1. The zero-order chi connectivity index (χ0) is 20.6. The van der Waals surface area contributed by atoms with E-state index in [4.69, 9.17) is 9.47 Å². The van der Waals surface area contributed by atoms with Gasteiger partial charge in [-0.2, -0.15) is 0 Å². The molecular formula is C21H20N2O5S. The second-order valence-corrected chi connectivity index (χ2v) is 7.31. The number of imide groups is 1. The van der Waals surface area contributed by atoms with E-state index in [-0.39, 0.29) is 6.42 Å². The van der Waals surface area contributed by atoms with Crippen LogP contribution in [0.4, 0.5) is 0 Å². The number of thiazole rings is 1. The van der Waals surface area contributed by atoms with E-state index in [2.05, 4.69) is 10.3 Å². The smallest absolute Gasteiger partial charge is 0.306 e. The topological polar surface area (TPSA) is 94.6 Å². The number of hydrogen-bond acceptors (Lipinski definition) is 7. The Morgan fingerprint density at radius 1 is 1.07 bits per heavy atom. The van der Waals surface area contributed by atoms with Crippen molar-refractivity contribution in [1.29, 1.82) is 0 Å². The molecule has 3 rings (SSSR count). The maximum absolute atomic E-state index is 12.0. The molecule has 0 bridgehead atoms. The lowest BCUT2D eigenvalue weighted by molar-refractivity contribution is -0.148. The molecule has 0 unspecified atom stereocenters. The average molecular weight is 412 g/mol. The van der Waals surface area contributed by atoms with Gasteiger partial charge in [0.2, 0.25) is 0 Å². The van der Waals surface area contributed by atoms with E-state index in [1.165, 1.54) is 19.2 Å². The number of esters is 1. The molecule has 0 aliphatic heterocycles. The van der Waals surface area contributed by atoms with Crippen LogP contribution in [0.25, 0.3) is 10.2 Å². The Kier molecular flexibility index (Phi) is 6.91. The molecule has 0 saturated heterocycles. The molecule has 0 aliphatic rings. The minimum absolute atomic E-state index is 0.176. The summed E-state index contributed by atoms with van der Waals surface area (Å²) in [5.74, 6) is -1.12. The van der Waals surface area contributed by atoms with Gasteiger partial charge in [0.1, 0.15) is 5.75 Å². The normalized spacial score (nSPS) is 10.5. The summed E-state index contributed by atoms with van der Waals surface area (Å²) in [5, 5.41) is 3.14. The first kappa shape index (κ1) is 20.5. The van der Waals surface area contributed by atoms with Gasteiger partial charge in [-0.3, -0.25) is 19.7 Å². The predicted molar refractivity (Wildman–Crippen MR) is 109 cm³/mol. The largest absolute Gasteiger partial charge is 0.497 e. The summed E-state index contributed by atoms with van der Waals surface area (Å²) in [7, 11) is 1.52. The highest BCUT2D eigenvalue weighted by atomic mass is 32.1. The molecule has 0 fully saturated rings. The van der Waals surface area contributed by atoms with Gasteiger partial charge < -0.3 is 9.47 Å². The van der Waals surface area contributed by atoms with Gasteiger partial charge in [-0.1, -0.05) is 12.1 Å². The first-order chi connectivity index (χ1) is 14.0. The Morgan fingerprint density at radius 3 is 2.55 bits per heavy atom. The first-order valence-corrected chi connectivity index (χ1v) is 9.85. The van der Waals surface area contributed by atoms with Crippen LogP contribution in [0.1, 0.15) is 28.2 Å². The van der Waals surface area contributed by atoms with Crippen molar-refractivity contribution in [1.82, 2.24) is 10.3 Å². The number of methoxy groups -OCH3 is 1. The molecule has 8 heteroatoms. The molecule has 0 radical (unpaired) electrons. The number of benzene rings is 2. The van der Waals surface area contributed by atoms with Crippen LogP contribution < -0.4 is 10.1 Å². The van der Waals surface area contributed by atoms with Crippen LogP contribution in [0.3, 0.4) is 0 Å². The third-order valence-electron chi connectivity index (χ3n) is 4.08. The quantitative estimate of drug-likeness (QED) is 0.571. The van der Waals surface area contributed by atoms with Gasteiger partial charge in [0.25, 0.3) is 11.8 Å². The van der Waals surface area contributed by atoms with E-state index in [0.29, 0.717) is 24.2 Å². The van der Waals surface area contributed by atoms with Crippen LogP contribution in [0, 0.1) is 0 Å². The van der Waals surface area contributed by atoms with Crippen molar-refractivity contribution in [2.24, 2.45) is 0 Å². The van der Waals surface area contributed by atoms with Crippen LogP contribution in [0.5, 0.6) is 5.75 Å². The summed E-state index contributed by atoms with van der Waals surface area (Å²) in [6.07, 6.45) is 1.41. The zero-order valence-corrected chi connectivity index (χ0v) is 16.7. The molecule has 2 aromatic carbocycles. The number of para-hydroxylation sites is 1. The van der Waals surface area contributed by atoms with E-state index in [1.807, 2.05) is 24.3 Å². The number of carbonyl (C=O) groups is 3. The molecular weight excluding hydrogens is 392 g/mol. The summed E-state index contributed by atoms with van der Waals surface area (Å²) in [4.78, 5) is 40.1. The number of carbonyl (C=O) groups excluding carboxylic acids is 3. The monoisotopic (exact) mass is 412 g/mol. The Morgan fingerprint density at radius 2 is 1.83 bits per heavy atom. The van der Waals surface area contributed by atoms with E-state index in [9.17, 15) is 14.4 Å². The van der Waals surface area contributed by atoms with Gasteiger partial charge in [-0.25, -0.2) is 4.98 Å². The first-order valence-electron chi connectivity index (χ1n) is 9.03. The summed E-state index contributed by atoms with van der Waals surface area (Å²) in [6, 6.07) is 14.2. The number of ether oxygens (including phenoxy) is 2. The van der Waals surface area contributed by atoms with Crippen molar-refractivity contribution in [3.63, 3.8) is 0 Å². The molecule has 1 N–H and O–H groups in total. The fraction of sp³-hybridized carbons (Fsp3) is 0.238. The van der Waals surface area contributed by atoms with E-state index >= 15 is 0 Å². The van der Waals surface area contributed by atoms with Gasteiger partial charge in [0.05, 0.1) is 22.3 Å². The van der Waals surface area contributed by atoms with E-state index < -0.39 is 24.4 Å². The number of nitrogens with zero attached hydrogens (tertiary/aromatic N) is 1. The highest BCUT2D eigenvalue weighted by molar-refractivity contribution is 7.18. The van der Waals surface area contributed by atoms with Crippen molar-refractivity contribution in [2.75, 3.05) is 13.7 Å². The zero-order valence-electron chi connectivity index (χ0n) is 15.8. The lowest BCUT2D eigenvalue weighted by Gasteiger charge is -2.06. The third kappa shape index (κ3) is 5.86. The van der Waals surface area contributed by atoms with E-state index in [0.717, 1.165) is 15.2 Å². The lowest BCUT2D eigenvalue weighted by atomic mass is 10.2. The fourth-order valence-electron chi connectivity index (χ4n) is 2.61. The number of rotatable bonds is 8. The maximum atomic E-state index is 12.0. The molecule has 29 heavy (non-hydrogen) atoms. The molecule has 7 nitrogen and oxygen atoms in total. The summed E-state index contributed by atoms with van der Waals surface area (Å²) >= 11 is 1.60. The minimum atomic E-state index is -0.676. The fourth-order valence-corrected chi connectivity index (χ4v) is 3.62. The Hall–Kier alpha value is -3.26. The van der Waals surface area contributed by atoms with Gasteiger partial charge in [-0.15, -0.1) is 11.3 Å². The summed E-state index contributed by atoms with van der Waals surface area (Å²) in [6.45, 7) is -0.498. The summed E-state index contributed by atoms with van der Waals surface area (Å²) in [5.41, 5.74) is 1.26. The predicted octanol–water partition coefficient (Wildman–Crippen LogP) is 3.13. The van der Waals surface area contributed by atoms with Crippen LogP contribution in [0.2, 0.25) is 0 Å². The third-order valence-corrected chi connectivity index (χ3v) is 5.18. The number of aryl methyl sites for hydroxylation is 1. The molecule has 0 spiro atoms. The molecule has 3 aromatic rings. The SMILES string of the molecule is COc1ccc(C(=O)NC(=O)COC(=O)CCCc2nc3ccccc3s2)cc1. The summed E-state index contributed by atoms with van der Waals surface area (Å²) < 4.78 is 11.1. The Balaban J connectivity index is 1.36. The number of aromatic nitrogens is 1. The second kappa shape index (κ2) is 9.79. The van der Waals surface area contributed by atoms with Crippen LogP contribution in [-0.4, -0.2) is 36.5 Å². The van der Waals surface area contributed by atoms with Crippen LogP contribution >= 0.6 is 11.3 Å². The highest BCUT2D eigenvalue weighted by Gasteiger charge is 2.13. The minimum Gasteiger partial charge on any atom is -0.497 e. The van der Waals surface area contributed by atoms with Crippen molar-refractivity contribution in [3.05, 3.63) is 59.1 Å². The van der Waals surface area contributed by atoms with Gasteiger partial charge in [0.15, 0.2) is 6.61 Å². The average Bonchev–Trinajstić information content (AvgIpc) is 3.15. The molecule has 0 saturated carbocycles. The van der Waals surface area contributed by atoms with Crippen molar-refractivity contribution in [3.8, 4) is 5.75 Å². The molecule has 0 aliphatic carbocycles. The second-order valence-electron chi connectivity index (χ2n) is 6.20. The Bertz CT molecular complexity index is 980. The van der Waals surface area contributed by atoms with Crippen molar-refractivity contribution >= 4 is 39.3 Å². The van der Waals surface area contributed by atoms with Crippen LogP contribution in [-0.2, 0) is 20.7 Å². The number of amides is 2. The number of fused-ring (bicyclic) bond motifs is 1. The standard InChI is InChI=1S/C21H20N2O5S/c1-27-15-11-9-14(10-12-15)21(26)23-18(24)13-28-20(25)8-4-7-19-22-16-5-2-3-6-17(16)29-19/h2-3,5-6,9-12H,4,7-8,13H2,1H3,(H,23,24,26). The molecule has 1 aromatic heterocycles. The maximum Gasteiger partial charge on any atom is 0.306 e. The van der Waals surface area contributed by atoms with Crippen molar-refractivity contribution < 1.29 is 23.9 Å². The van der Waals surface area contributed by atoms with Gasteiger partial charge in [-0.05, 0) is 49.2 Å². The van der Waals surface area contributed by atoms with Crippen LogP contribution in [0.15, 0.2) is 48.5 Å². The number of nitrogens with one attached hydrogen (secondary N) is 1. The van der Waals surface area contributed by atoms with Gasteiger partial charge >= 0.3 is 5.97 Å². The molecule has 2 amide bonds. The molecule has 0 atom stereocenters. The highest BCUT2D eigenvalue weighted by Crippen LogP contribution is 2.22. The van der Waals surface area contributed by atoms with Gasteiger partial charge in [0, 0.05) is 12.0 Å². The van der Waals surface area contributed by atoms with Crippen molar-refractivity contribution in [2.45, 2.75) is 19.3 Å².